The van der Waals surface area contributed by atoms with Crippen LogP contribution in [0.3, 0.4) is 0 Å². The van der Waals surface area contributed by atoms with Crippen LogP contribution in [0, 0.1) is 0 Å². The lowest BCUT2D eigenvalue weighted by Crippen LogP contribution is -2.30. The zero-order valence-electron chi connectivity index (χ0n) is 15.0. The van der Waals surface area contributed by atoms with E-state index in [-0.39, 0.29) is 6.04 Å². The van der Waals surface area contributed by atoms with Crippen molar-refractivity contribution in [1.29, 1.82) is 0 Å². The summed E-state index contributed by atoms with van der Waals surface area (Å²) in [6.45, 7) is 3.93. The molecule has 3 N–H and O–H groups in total. The molecule has 0 radical (unpaired) electrons. The number of para-hydroxylation sites is 1. The molecule has 0 amide bonds. The summed E-state index contributed by atoms with van der Waals surface area (Å²) in [7, 11) is 0. The molecule has 1 aromatic heterocycles. The highest BCUT2D eigenvalue weighted by Gasteiger charge is 2.28. The molecule has 5 heteroatoms. The first-order chi connectivity index (χ1) is 12.8. The van der Waals surface area contributed by atoms with Gasteiger partial charge >= 0.3 is 0 Å². The number of benzene rings is 2. The van der Waals surface area contributed by atoms with Crippen LogP contribution in [0.1, 0.15) is 25.1 Å². The van der Waals surface area contributed by atoms with E-state index in [1.54, 1.807) is 0 Å². The van der Waals surface area contributed by atoms with Crippen molar-refractivity contribution < 1.29 is 0 Å². The molecule has 2 unspecified atom stereocenters. The third kappa shape index (κ3) is 3.64. The molecule has 2 heterocycles. The van der Waals surface area contributed by atoms with E-state index in [4.69, 9.17) is 4.98 Å². The first-order valence-corrected chi connectivity index (χ1v) is 9.21. The topological polar surface area (TPSA) is 53.9 Å². The van der Waals surface area contributed by atoms with Gasteiger partial charge in [-0.2, -0.15) is 0 Å². The number of rotatable bonds is 6. The summed E-state index contributed by atoms with van der Waals surface area (Å²) < 4.78 is 2.27. The van der Waals surface area contributed by atoms with E-state index in [0.717, 1.165) is 30.9 Å². The second-order valence-corrected chi connectivity index (χ2v) is 6.81. The highest BCUT2D eigenvalue weighted by molar-refractivity contribution is 5.62. The van der Waals surface area contributed by atoms with Crippen LogP contribution in [0.2, 0.25) is 0 Å². The van der Waals surface area contributed by atoms with Crippen LogP contribution in [0.15, 0.2) is 67.0 Å². The lowest BCUT2D eigenvalue weighted by atomic mass is 10.0. The van der Waals surface area contributed by atoms with Gasteiger partial charge in [0.25, 0.3) is 0 Å². The second kappa shape index (κ2) is 7.72. The Bertz CT molecular complexity index is 828. The molecular formula is C21H25N5. The fourth-order valence-corrected chi connectivity index (χ4v) is 3.52. The van der Waals surface area contributed by atoms with Gasteiger partial charge in [-0.3, -0.25) is 5.43 Å². The fraction of sp³-hybridized carbons (Fsp3) is 0.286. The molecule has 0 saturated carbocycles. The lowest BCUT2D eigenvalue weighted by molar-refractivity contribution is 0.531. The van der Waals surface area contributed by atoms with Crippen LogP contribution >= 0.6 is 0 Å². The van der Waals surface area contributed by atoms with Gasteiger partial charge in [0, 0.05) is 30.4 Å². The molecule has 4 rings (SSSR count). The fourth-order valence-electron chi connectivity index (χ4n) is 3.52. The number of aromatic nitrogens is 2. The first-order valence-electron chi connectivity index (χ1n) is 9.21. The SMILES string of the molecule is CC1CC(c2c(-c3ccccc3)ncn2CCNc2ccccc2)NN1. The zero-order chi connectivity index (χ0) is 17.8. The van der Waals surface area contributed by atoms with Crippen LogP contribution in [0.5, 0.6) is 0 Å². The minimum Gasteiger partial charge on any atom is -0.383 e. The van der Waals surface area contributed by atoms with Gasteiger partial charge in [0.15, 0.2) is 0 Å². The van der Waals surface area contributed by atoms with Crippen LogP contribution in [-0.2, 0) is 6.54 Å². The monoisotopic (exact) mass is 347 g/mol. The Labute approximate surface area is 154 Å². The summed E-state index contributed by atoms with van der Waals surface area (Å²) in [6, 6.07) is 21.5. The maximum absolute atomic E-state index is 4.75. The molecule has 0 spiro atoms. The molecule has 0 aliphatic carbocycles. The third-order valence-corrected chi connectivity index (χ3v) is 4.80. The Morgan fingerprint density at radius 2 is 1.77 bits per heavy atom. The summed E-state index contributed by atoms with van der Waals surface area (Å²) in [5, 5.41) is 3.48. The molecule has 1 aliphatic heterocycles. The van der Waals surface area contributed by atoms with E-state index in [9.17, 15) is 0 Å². The average molecular weight is 347 g/mol. The van der Waals surface area contributed by atoms with Gasteiger partial charge in [0.05, 0.1) is 23.8 Å². The predicted molar refractivity (Wildman–Crippen MR) is 106 cm³/mol. The second-order valence-electron chi connectivity index (χ2n) is 6.81. The molecular weight excluding hydrogens is 322 g/mol. The Morgan fingerprint density at radius 1 is 1.04 bits per heavy atom. The zero-order valence-corrected chi connectivity index (χ0v) is 15.0. The van der Waals surface area contributed by atoms with Crippen molar-refractivity contribution in [1.82, 2.24) is 20.4 Å². The predicted octanol–water partition coefficient (Wildman–Crippen LogP) is 3.59. The summed E-state index contributed by atoms with van der Waals surface area (Å²) in [5.41, 5.74) is 11.4. The van der Waals surface area contributed by atoms with E-state index < -0.39 is 0 Å². The van der Waals surface area contributed by atoms with Crippen molar-refractivity contribution in [2.24, 2.45) is 0 Å². The van der Waals surface area contributed by atoms with Gasteiger partial charge in [-0.1, -0.05) is 48.5 Å². The average Bonchev–Trinajstić information content (AvgIpc) is 3.29. The van der Waals surface area contributed by atoms with Crippen molar-refractivity contribution in [3.63, 3.8) is 0 Å². The molecule has 0 bridgehead atoms. The van der Waals surface area contributed by atoms with Crippen molar-refractivity contribution >= 4 is 5.69 Å². The molecule has 2 aromatic carbocycles. The molecule has 134 valence electrons. The minimum absolute atomic E-state index is 0.263. The molecule has 2 atom stereocenters. The Hall–Kier alpha value is -2.63. The van der Waals surface area contributed by atoms with E-state index in [0.29, 0.717) is 6.04 Å². The summed E-state index contributed by atoms with van der Waals surface area (Å²) in [6.07, 6.45) is 3.02. The van der Waals surface area contributed by atoms with E-state index in [1.807, 2.05) is 30.6 Å². The summed E-state index contributed by atoms with van der Waals surface area (Å²) in [4.78, 5) is 4.75. The van der Waals surface area contributed by atoms with E-state index >= 15 is 0 Å². The molecule has 26 heavy (non-hydrogen) atoms. The molecule has 1 saturated heterocycles. The van der Waals surface area contributed by atoms with Gasteiger partial charge in [0.1, 0.15) is 0 Å². The molecule has 1 aliphatic rings. The highest BCUT2D eigenvalue weighted by Crippen LogP contribution is 2.31. The van der Waals surface area contributed by atoms with Gasteiger partial charge in [-0.15, -0.1) is 0 Å². The first kappa shape index (κ1) is 16.8. The standard InChI is InChI=1S/C21H25N5/c1-16-14-19(25-24-16)21-20(17-8-4-2-5-9-17)23-15-26(21)13-12-22-18-10-6-3-7-11-18/h2-11,15-16,19,22,24-25H,12-14H2,1H3. The third-order valence-electron chi connectivity index (χ3n) is 4.80. The number of anilines is 1. The number of nitrogens with one attached hydrogen (secondary N) is 3. The van der Waals surface area contributed by atoms with Crippen molar-refractivity contribution in [3.8, 4) is 11.3 Å². The maximum atomic E-state index is 4.75. The number of hydrogen-bond donors (Lipinski definition) is 3. The van der Waals surface area contributed by atoms with Crippen LogP contribution in [0.4, 0.5) is 5.69 Å². The van der Waals surface area contributed by atoms with E-state index in [1.165, 1.54) is 11.3 Å². The molecule has 5 nitrogen and oxygen atoms in total. The quantitative estimate of drug-likeness (QED) is 0.638. The summed E-state index contributed by atoms with van der Waals surface area (Å²) >= 11 is 0. The van der Waals surface area contributed by atoms with Gasteiger partial charge in [-0.05, 0) is 25.5 Å². The largest absolute Gasteiger partial charge is 0.383 e. The number of hydrazine groups is 1. The van der Waals surface area contributed by atoms with Crippen molar-refractivity contribution in [3.05, 3.63) is 72.7 Å². The lowest BCUT2D eigenvalue weighted by Gasteiger charge is -2.16. The summed E-state index contributed by atoms with van der Waals surface area (Å²) in [5.74, 6) is 0. The van der Waals surface area contributed by atoms with Gasteiger partial charge < -0.3 is 9.88 Å². The van der Waals surface area contributed by atoms with Crippen LogP contribution < -0.4 is 16.2 Å². The Kier molecular flexibility index (Phi) is 5.00. The maximum Gasteiger partial charge on any atom is 0.0957 e. The number of imidazole rings is 1. The van der Waals surface area contributed by atoms with Gasteiger partial charge in [-0.25, -0.2) is 10.4 Å². The van der Waals surface area contributed by atoms with Crippen molar-refractivity contribution in [2.45, 2.75) is 32.0 Å². The van der Waals surface area contributed by atoms with E-state index in [2.05, 4.69) is 64.1 Å². The number of nitrogens with zero attached hydrogens (tertiary/aromatic N) is 2. The smallest absolute Gasteiger partial charge is 0.0957 e. The Morgan fingerprint density at radius 3 is 2.46 bits per heavy atom. The van der Waals surface area contributed by atoms with Crippen molar-refractivity contribution in [2.75, 3.05) is 11.9 Å². The van der Waals surface area contributed by atoms with Crippen LogP contribution in [0.25, 0.3) is 11.3 Å². The number of hydrogen-bond acceptors (Lipinski definition) is 4. The normalized spacial score (nSPS) is 19.6. The Balaban J connectivity index is 1.57. The minimum atomic E-state index is 0.263. The highest BCUT2D eigenvalue weighted by atomic mass is 15.4. The molecule has 3 aromatic rings. The van der Waals surface area contributed by atoms with Crippen LogP contribution in [-0.4, -0.2) is 22.1 Å². The molecule has 1 fully saturated rings. The van der Waals surface area contributed by atoms with Gasteiger partial charge in [0.2, 0.25) is 0 Å².